The third-order valence-corrected chi connectivity index (χ3v) is 2.81. The summed E-state index contributed by atoms with van der Waals surface area (Å²) in [5.41, 5.74) is 0.796. The Kier molecular flexibility index (Phi) is 4.70. The molecule has 0 aliphatic heterocycles. The summed E-state index contributed by atoms with van der Waals surface area (Å²) in [5.74, 6) is -0.273. The molecule has 1 N–H and O–H groups in total. The van der Waals surface area contributed by atoms with Crippen molar-refractivity contribution in [2.24, 2.45) is 0 Å². The second-order valence-corrected chi connectivity index (χ2v) is 4.71. The lowest BCUT2D eigenvalue weighted by Gasteiger charge is -2.16. The van der Waals surface area contributed by atoms with E-state index in [0.717, 1.165) is 10.0 Å². The molecule has 84 valence electrons. The molecule has 4 heteroatoms. The molecule has 2 nitrogen and oxygen atoms in total. The second kappa shape index (κ2) is 5.58. The van der Waals surface area contributed by atoms with Gasteiger partial charge in [-0.15, -0.1) is 0 Å². The third-order valence-electron chi connectivity index (χ3n) is 2.04. The first kappa shape index (κ1) is 12.6. The van der Waals surface area contributed by atoms with Gasteiger partial charge < -0.3 is 10.0 Å². The Bertz CT molecular complexity index is 330. The minimum atomic E-state index is -0.474. The quantitative estimate of drug-likeness (QED) is 0.909. The number of aliphatic hydroxyl groups excluding tert-OH is 1. The molecule has 15 heavy (non-hydrogen) atoms. The number of halogens is 2. The molecule has 1 atom stereocenters. The van der Waals surface area contributed by atoms with Crippen LogP contribution in [-0.2, 0) is 6.42 Å². The summed E-state index contributed by atoms with van der Waals surface area (Å²) < 4.78 is 13.8. The summed E-state index contributed by atoms with van der Waals surface area (Å²) in [4.78, 5) is 1.90. The number of nitrogens with zero attached hydrogens (tertiary/aromatic N) is 1. The highest BCUT2D eigenvalue weighted by atomic mass is 79.9. The first-order valence-corrected chi connectivity index (χ1v) is 5.55. The van der Waals surface area contributed by atoms with Crippen molar-refractivity contribution in [1.29, 1.82) is 0 Å². The molecule has 0 amide bonds. The third kappa shape index (κ3) is 4.28. The van der Waals surface area contributed by atoms with Crippen molar-refractivity contribution < 1.29 is 9.50 Å². The van der Waals surface area contributed by atoms with Crippen molar-refractivity contribution in [3.8, 4) is 0 Å². The molecule has 1 aromatic carbocycles. The lowest BCUT2D eigenvalue weighted by Crippen LogP contribution is -2.27. The summed E-state index contributed by atoms with van der Waals surface area (Å²) in [5, 5.41) is 9.70. The summed E-state index contributed by atoms with van der Waals surface area (Å²) in [6, 6.07) is 4.50. The number of aliphatic hydroxyl groups is 1. The standard InChI is InChI=1S/C11H15BrFNO/c1-14(2)7-10(15)6-8-5-9(13)3-4-11(8)12/h3-5,10,15H,6-7H2,1-2H3. The van der Waals surface area contributed by atoms with Crippen LogP contribution in [0.25, 0.3) is 0 Å². The van der Waals surface area contributed by atoms with E-state index in [2.05, 4.69) is 15.9 Å². The monoisotopic (exact) mass is 275 g/mol. The predicted molar refractivity (Wildman–Crippen MR) is 62.4 cm³/mol. The maximum Gasteiger partial charge on any atom is 0.123 e. The highest BCUT2D eigenvalue weighted by molar-refractivity contribution is 9.10. The van der Waals surface area contributed by atoms with E-state index in [1.165, 1.54) is 12.1 Å². The highest BCUT2D eigenvalue weighted by Gasteiger charge is 2.10. The maximum absolute atomic E-state index is 12.9. The molecule has 0 bridgehead atoms. The number of hydrogen-bond donors (Lipinski definition) is 1. The Hall–Kier alpha value is -0.450. The van der Waals surface area contributed by atoms with E-state index < -0.39 is 6.10 Å². The van der Waals surface area contributed by atoms with Crippen LogP contribution >= 0.6 is 15.9 Å². The van der Waals surface area contributed by atoms with Crippen molar-refractivity contribution in [1.82, 2.24) is 4.90 Å². The van der Waals surface area contributed by atoms with Crippen molar-refractivity contribution in [3.05, 3.63) is 34.1 Å². The van der Waals surface area contributed by atoms with Gasteiger partial charge in [0.05, 0.1) is 6.10 Å². The molecule has 0 aliphatic rings. The average Bonchev–Trinajstić information content (AvgIpc) is 2.10. The van der Waals surface area contributed by atoms with Crippen LogP contribution in [0.3, 0.4) is 0 Å². The van der Waals surface area contributed by atoms with Crippen molar-refractivity contribution in [2.45, 2.75) is 12.5 Å². The van der Waals surface area contributed by atoms with Crippen LogP contribution in [0.15, 0.2) is 22.7 Å². The van der Waals surface area contributed by atoms with Crippen LogP contribution in [-0.4, -0.2) is 36.8 Å². The minimum Gasteiger partial charge on any atom is -0.391 e. The molecule has 0 saturated heterocycles. The van der Waals surface area contributed by atoms with Gasteiger partial charge in [0.15, 0.2) is 0 Å². The second-order valence-electron chi connectivity index (χ2n) is 3.86. The van der Waals surface area contributed by atoms with Crippen LogP contribution in [0.5, 0.6) is 0 Å². The van der Waals surface area contributed by atoms with Crippen LogP contribution in [0.4, 0.5) is 4.39 Å². The molecule has 0 aliphatic carbocycles. The summed E-state index contributed by atoms with van der Waals surface area (Å²) >= 11 is 3.33. The van der Waals surface area contributed by atoms with E-state index in [-0.39, 0.29) is 5.82 Å². The molecule has 0 spiro atoms. The molecule has 0 heterocycles. The Morgan fingerprint density at radius 2 is 2.13 bits per heavy atom. The van der Waals surface area contributed by atoms with Gasteiger partial charge in [0, 0.05) is 17.4 Å². The van der Waals surface area contributed by atoms with Gasteiger partial charge in [-0.05, 0) is 37.9 Å². The molecule has 0 aromatic heterocycles. The number of rotatable bonds is 4. The Morgan fingerprint density at radius 3 is 2.73 bits per heavy atom. The molecule has 1 rings (SSSR count). The topological polar surface area (TPSA) is 23.5 Å². The number of benzene rings is 1. The molecule has 0 fully saturated rings. The molecule has 0 radical (unpaired) electrons. The Labute approximate surface area is 97.8 Å². The average molecular weight is 276 g/mol. The normalized spacial score (nSPS) is 13.2. The minimum absolute atomic E-state index is 0.273. The fraction of sp³-hybridized carbons (Fsp3) is 0.455. The molecular formula is C11H15BrFNO. The maximum atomic E-state index is 12.9. The SMILES string of the molecule is CN(C)CC(O)Cc1cc(F)ccc1Br. The van der Waals surface area contributed by atoms with Crippen molar-refractivity contribution in [2.75, 3.05) is 20.6 Å². The lowest BCUT2D eigenvalue weighted by atomic mass is 10.1. The van der Waals surface area contributed by atoms with Gasteiger partial charge in [0.1, 0.15) is 5.82 Å². The zero-order valence-electron chi connectivity index (χ0n) is 8.87. The van der Waals surface area contributed by atoms with Gasteiger partial charge in [-0.2, -0.15) is 0 Å². The van der Waals surface area contributed by atoms with Crippen LogP contribution in [0.2, 0.25) is 0 Å². The molecule has 1 unspecified atom stereocenters. The van der Waals surface area contributed by atoms with Gasteiger partial charge in [-0.25, -0.2) is 4.39 Å². The molecule has 0 saturated carbocycles. The zero-order chi connectivity index (χ0) is 11.4. The predicted octanol–water partition coefficient (Wildman–Crippen LogP) is 2.05. The number of hydrogen-bond acceptors (Lipinski definition) is 2. The fourth-order valence-corrected chi connectivity index (χ4v) is 1.85. The van der Waals surface area contributed by atoms with E-state index in [9.17, 15) is 9.50 Å². The number of likely N-dealkylation sites (N-methyl/N-ethyl adjacent to an activating group) is 1. The van der Waals surface area contributed by atoms with E-state index in [0.29, 0.717) is 13.0 Å². The van der Waals surface area contributed by atoms with Crippen LogP contribution in [0, 0.1) is 5.82 Å². The van der Waals surface area contributed by atoms with Gasteiger partial charge in [-0.1, -0.05) is 15.9 Å². The Balaban J connectivity index is 2.67. The molecular weight excluding hydrogens is 261 g/mol. The van der Waals surface area contributed by atoms with Gasteiger partial charge in [0.25, 0.3) is 0 Å². The summed E-state index contributed by atoms with van der Waals surface area (Å²) in [7, 11) is 3.79. The van der Waals surface area contributed by atoms with Gasteiger partial charge in [-0.3, -0.25) is 0 Å². The van der Waals surface area contributed by atoms with Crippen molar-refractivity contribution >= 4 is 15.9 Å². The van der Waals surface area contributed by atoms with Crippen LogP contribution in [0.1, 0.15) is 5.56 Å². The van der Waals surface area contributed by atoms with E-state index in [1.807, 2.05) is 19.0 Å². The molecule has 1 aromatic rings. The van der Waals surface area contributed by atoms with Crippen molar-refractivity contribution in [3.63, 3.8) is 0 Å². The Morgan fingerprint density at radius 1 is 1.47 bits per heavy atom. The highest BCUT2D eigenvalue weighted by Crippen LogP contribution is 2.19. The first-order chi connectivity index (χ1) is 6.99. The van der Waals surface area contributed by atoms with Gasteiger partial charge >= 0.3 is 0 Å². The van der Waals surface area contributed by atoms with Gasteiger partial charge in [0.2, 0.25) is 0 Å². The van der Waals surface area contributed by atoms with E-state index in [4.69, 9.17) is 0 Å². The smallest absolute Gasteiger partial charge is 0.123 e. The first-order valence-electron chi connectivity index (χ1n) is 4.75. The largest absolute Gasteiger partial charge is 0.391 e. The lowest BCUT2D eigenvalue weighted by molar-refractivity contribution is 0.137. The van der Waals surface area contributed by atoms with E-state index in [1.54, 1.807) is 6.07 Å². The summed E-state index contributed by atoms with van der Waals surface area (Å²) in [6.07, 6.45) is -0.0191. The van der Waals surface area contributed by atoms with Crippen LogP contribution < -0.4 is 0 Å². The summed E-state index contributed by atoms with van der Waals surface area (Å²) in [6.45, 7) is 0.572. The zero-order valence-corrected chi connectivity index (χ0v) is 10.5. The fourth-order valence-electron chi connectivity index (χ4n) is 1.44. The van der Waals surface area contributed by atoms with E-state index >= 15 is 0 Å².